The van der Waals surface area contributed by atoms with E-state index in [9.17, 15) is 4.79 Å². The smallest absolute Gasteiger partial charge is 0.274 e. The van der Waals surface area contributed by atoms with Crippen molar-refractivity contribution in [2.45, 2.75) is 32.2 Å². The van der Waals surface area contributed by atoms with Crippen LogP contribution in [0.2, 0.25) is 0 Å². The van der Waals surface area contributed by atoms with E-state index in [1.807, 2.05) is 13.8 Å². The number of nitrogens with zero attached hydrogens (tertiary/aromatic N) is 3. The molecule has 0 saturated carbocycles. The lowest BCUT2D eigenvalue weighted by Crippen LogP contribution is -2.38. The molecule has 0 radical (unpaired) electrons. The van der Waals surface area contributed by atoms with Gasteiger partial charge in [0.05, 0.1) is 24.5 Å². The third-order valence-corrected chi connectivity index (χ3v) is 3.46. The Labute approximate surface area is 118 Å². The van der Waals surface area contributed by atoms with E-state index < -0.39 is 0 Å². The third kappa shape index (κ3) is 2.88. The molecule has 1 aliphatic rings. The van der Waals surface area contributed by atoms with Crippen molar-refractivity contribution in [3.05, 3.63) is 17.7 Å². The van der Waals surface area contributed by atoms with Crippen molar-refractivity contribution in [1.29, 1.82) is 0 Å². The molecule has 0 spiro atoms. The molecule has 7 nitrogen and oxygen atoms in total. The monoisotopic (exact) mass is 279 g/mol. The number of hydrazine groups is 1. The number of nitrogens with two attached hydrogens (primary N) is 1. The number of nitrogens with one attached hydrogen (secondary N) is 1. The molecule has 2 rings (SSSR count). The van der Waals surface area contributed by atoms with Gasteiger partial charge >= 0.3 is 0 Å². The second-order valence-corrected chi connectivity index (χ2v) is 5.22. The van der Waals surface area contributed by atoms with E-state index in [1.54, 1.807) is 18.1 Å². The summed E-state index contributed by atoms with van der Waals surface area (Å²) in [6, 6.07) is 0.0885. The van der Waals surface area contributed by atoms with Gasteiger partial charge in [0.15, 0.2) is 5.69 Å². The lowest BCUT2D eigenvalue weighted by Gasteiger charge is -2.23. The molecule has 20 heavy (non-hydrogen) atoms. The molecule has 1 aromatic heterocycles. The first kappa shape index (κ1) is 14.7. The van der Waals surface area contributed by atoms with Crippen molar-refractivity contribution in [2.75, 3.05) is 25.7 Å². The average Bonchev–Trinajstić information content (AvgIpc) is 2.99. The first-order chi connectivity index (χ1) is 9.54. The summed E-state index contributed by atoms with van der Waals surface area (Å²) in [5.41, 5.74) is 3.23. The van der Waals surface area contributed by atoms with Crippen molar-refractivity contribution >= 4 is 11.6 Å². The summed E-state index contributed by atoms with van der Waals surface area (Å²) in [5.74, 6) is 6.05. The zero-order chi connectivity index (χ0) is 14.7. The molecular formula is C13H21N5O2. The van der Waals surface area contributed by atoms with E-state index in [4.69, 9.17) is 10.6 Å². The Hall–Kier alpha value is -1.73. The molecule has 2 heterocycles. The van der Waals surface area contributed by atoms with Gasteiger partial charge in [0.2, 0.25) is 0 Å². The van der Waals surface area contributed by atoms with E-state index in [1.165, 1.54) is 0 Å². The van der Waals surface area contributed by atoms with Gasteiger partial charge in [0.25, 0.3) is 5.91 Å². The summed E-state index contributed by atoms with van der Waals surface area (Å²) < 4.78 is 5.32. The van der Waals surface area contributed by atoms with Gasteiger partial charge in [0.1, 0.15) is 5.82 Å². The Morgan fingerprint density at radius 3 is 2.90 bits per heavy atom. The first-order valence-corrected chi connectivity index (χ1v) is 6.73. The van der Waals surface area contributed by atoms with E-state index >= 15 is 0 Å². The summed E-state index contributed by atoms with van der Waals surface area (Å²) in [5, 5.41) is 0. The van der Waals surface area contributed by atoms with Crippen LogP contribution < -0.4 is 11.3 Å². The van der Waals surface area contributed by atoms with Crippen LogP contribution in [0.5, 0.6) is 0 Å². The lowest BCUT2D eigenvalue weighted by molar-refractivity contribution is 0.0706. The summed E-state index contributed by atoms with van der Waals surface area (Å²) in [7, 11) is 1.76. The molecular weight excluding hydrogens is 258 g/mol. The van der Waals surface area contributed by atoms with Gasteiger partial charge < -0.3 is 15.1 Å². The fourth-order valence-electron chi connectivity index (χ4n) is 2.10. The van der Waals surface area contributed by atoms with Crippen LogP contribution in [0.3, 0.4) is 0 Å². The largest absolute Gasteiger partial charge is 0.379 e. The van der Waals surface area contributed by atoms with E-state index in [2.05, 4.69) is 15.4 Å². The third-order valence-electron chi connectivity index (χ3n) is 3.46. The normalized spacial score (nSPS) is 18.4. The Bertz CT molecular complexity index is 486. The van der Waals surface area contributed by atoms with Crippen molar-refractivity contribution < 1.29 is 9.53 Å². The standard InChI is InChI=1S/C13H21N5O2/c1-8(2)12-15-6-10(17-14)11(16-12)13(19)18(3)9-4-5-20-7-9/h6,8-9,17H,4-5,7,14H2,1-3H3. The topological polar surface area (TPSA) is 93.4 Å². The highest BCUT2D eigenvalue weighted by Gasteiger charge is 2.27. The Balaban J connectivity index is 2.29. The molecule has 1 saturated heterocycles. The molecule has 1 amide bonds. The maximum Gasteiger partial charge on any atom is 0.274 e. The summed E-state index contributed by atoms with van der Waals surface area (Å²) >= 11 is 0. The highest BCUT2D eigenvalue weighted by Crippen LogP contribution is 2.19. The number of carbonyl (C=O) groups is 1. The summed E-state index contributed by atoms with van der Waals surface area (Å²) in [6.07, 6.45) is 2.39. The van der Waals surface area contributed by atoms with Gasteiger partial charge in [0, 0.05) is 19.6 Å². The second-order valence-electron chi connectivity index (χ2n) is 5.22. The fourth-order valence-corrected chi connectivity index (χ4v) is 2.10. The summed E-state index contributed by atoms with van der Waals surface area (Å²) in [6.45, 7) is 5.21. The van der Waals surface area contributed by atoms with Crippen LogP contribution in [0.4, 0.5) is 5.69 Å². The molecule has 3 N–H and O–H groups in total. The van der Waals surface area contributed by atoms with Crippen molar-refractivity contribution in [1.82, 2.24) is 14.9 Å². The molecule has 1 aromatic rings. The number of amides is 1. The second kappa shape index (κ2) is 6.15. The van der Waals surface area contributed by atoms with Gasteiger partial charge in [-0.15, -0.1) is 0 Å². The van der Waals surface area contributed by atoms with Gasteiger partial charge in [-0.1, -0.05) is 13.8 Å². The van der Waals surface area contributed by atoms with E-state index in [-0.39, 0.29) is 17.9 Å². The van der Waals surface area contributed by atoms with Crippen molar-refractivity contribution in [2.24, 2.45) is 5.84 Å². The number of likely N-dealkylation sites (N-methyl/N-ethyl adjacent to an activating group) is 1. The van der Waals surface area contributed by atoms with E-state index in [0.717, 1.165) is 6.42 Å². The van der Waals surface area contributed by atoms with Crippen LogP contribution >= 0.6 is 0 Å². The molecule has 1 fully saturated rings. The summed E-state index contributed by atoms with van der Waals surface area (Å²) in [4.78, 5) is 22.8. The number of ether oxygens (including phenoxy) is 1. The zero-order valence-electron chi connectivity index (χ0n) is 12.1. The van der Waals surface area contributed by atoms with Crippen LogP contribution in [0.25, 0.3) is 0 Å². The fraction of sp³-hybridized carbons (Fsp3) is 0.615. The molecule has 1 unspecified atom stereocenters. The highest BCUT2D eigenvalue weighted by molar-refractivity contribution is 5.97. The minimum absolute atomic E-state index is 0.0885. The zero-order valence-corrected chi connectivity index (χ0v) is 12.1. The Kier molecular flexibility index (Phi) is 4.51. The molecule has 1 aliphatic heterocycles. The van der Waals surface area contributed by atoms with E-state index in [0.29, 0.717) is 30.4 Å². The minimum atomic E-state index is -0.169. The molecule has 110 valence electrons. The van der Waals surface area contributed by atoms with Crippen molar-refractivity contribution in [3.63, 3.8) is 0 Å². The molecule has 1 atom stereocenters. The number of carbonyl (C=O) groups excluding carboxylic acids is 1. The van der Waals surface area contributed by atoms with Crippen LogP contribution in [0, 0.1) is 0 Å². The quantitative estimate of drug-likeness (QED) is 0.624. The lowest BCUT2D eigenvalue weighted by atomic mass is 10.2. The van der Waals surface area contributed by atoms with Crippen LogP contribution in [0.1, 0.15) is 42.5 Å². The Morgan fingerprint density at radius 1 is 1.60 bits per heavy atom. The first-order valence-electron chi connectivity index (χ1n) is 6.73. The number of hydrogen-bond acceptors (Lipinski definition) is 6. The molecule has 0 aromatic carbocycles. The van der Waals surface area contributed by atoms with Crippen LogP contribution in [0.15, 0.2) is 6.20 Å². The van der Waals surface area contributed by atoms with Gasteiger partial charge in [-0.2, -0.15) is 0 Å². The number of anilines is 1. The molecule has 7 heteroatoms. The molecule has 0 aliphatic carbocycles. The number of hydrogen-bond donors (Lipinski definition) is 2. The van der Waals surface area contributed by atoms with Crippen LogP contribution in [-0.4, -0.2) is 47.1 Å². The predicted molar refractivity (Wildman–Crippen MR) is 75.2 cm³/mol. The molecule has 0 bridgehead atoms. The highest BCUT2D eigenvalue weighted by atomic mass is 16.5. The van der Waals surface area contributed by atoms with Gasteiger partial charge in [-0.05, 0) is 6.42 Å². The van der Waals surface area contributed by atoms with Gasteiger partial charge in [-0.25, -0.2) is 9.97 Å². The number of aromatic nitrogens is 2. The van der Waals surface area contributed by atoms with Gasteiger partial charge in [-0.3, -0.25) is 10.6 Å². The SMILES string of the molecule is CC(C)c1ncc(NN)c(C(=O)N(C)C2CCOC2)n1. The maximum atomic E-state index is 12.6. The average molecular weight is 279 g/mol. The maximum absolute atomic E-state index is 12.6. The van der Waals surface area contributed by atoms with Crippen molar-refractivity contribution in [3.8, 4) is 0 Å². The minimum Gasteiger partial charge on any atom is -0.379 e. The predicted octanol–water partition coefficient (Wildman–Crippen LogP) is 0.746. The number of rotatable bonds is 4. The Morgan fingerprint density at radius 2 is 2.35 bits per heavy atom. The number of nitrogen functional groups attached to an aromatic ring is 1. The van der Waals surface area contributed by atoms with Crippen LogP contribution in [-0.2, 0) is 4.74 Å².